The molecular weight excluding hydrogens is 613 g/mol. The van der Waals surface area contributed by atoms with Crippen LogP contribution in [0, 0.1) is 20.8 Å². The van der Waals surface area contributed by atoms with E-state index in [1.165, 1.54) is 18.2 Å². The summed E-state index contributed by atoms with van der Waals surface area (Å²) in [6.45, 7) is 5.67. The molecule has 6 aromatic rings. The van der Waals surface area contributed by atoms with Crippen molar-refractivity contribution in [1.82, 2.24) is 0 Å². The quantitative estimate of drug-likeness (QED) is 0.137. The van der Waals surface area contributed by atoms with Crippen LogP contribution in [0.5, 0.6) is 0 Å². The van der Waals surface area contributed by atoms with Gasteiger partial charge in [0.2, 0.25) is 0 Å². The van der Waals surface area contributed by atoms with Crippen LogP contribution in [0.3, 0.4) is 0 Å². The maximum atomic E-state index is 12.3. The molecular formula is C33H26N4O6S2. The molecule has 0 aliphatic heterocycles. The molecule has 10 nitrogen and oxygen atoms in total. The Kier molecular flexibility index (Phi) is 7.53. The fourth-order valence-electron chi connectivity index (χ4n) is 5.35. The molecule has 0 heterocycles. The lowest BCUT2D eigenvalue weighted by molar-refractivity contribution is 0.481. The third kappa shape index (κ3) is 5.83. The lowest BCUT2D eigenvalue weighted by Crippen LogP contribution is -2.01. The van der Waals surface area contributed by atoms with Crippen LogP contribution >= 0.6 is 0 Å². The molecule has 0 spiro atoms. The zero-order valence-corrected chi connectivity index (χ0v) is 25.9. The minimum absolute atomic E-state index is 0.0665. The fourth-order valence-corrected chi connectivity index (χ4v) is 6.58. The maximum absolute atomic E-state index is 12.3. The minimum Gasteiger partial charge on any atom is -0.282 e. The highest BCUT2D eigenvalue weighted by Crippen LogP contribution is 2.40. The van der Waals surface area contributed by atoms with E-state index in [9.17, 15) is 25.9 Å². The molecule has 0 amide bonds. The average molecular weight is 639 g/mol. The van der Waals surface area contributed by atoms with E-state index in [1.807, 2.05) is 44.2 Å². The Morgan fingerprint density at radius 2 is 1.04 bits per heavy atom. The molecule has 0 atom stereocenters. The standard InChI is InChI=1S/C33H26N4O6S2/c1-19-8-10-23-20(2)9-12-31(27(23)16-19)35-34-29-13-14-30(26-7-5-4-6-25(26)29)36-37-33-28-18-22(44(38,39)40)17-21(3)24(28)11-15-32(33)45(41,42)43/h4-18H,1-3H3,(H,38,39,40)(H,41,42,43). The van der Waals surface area contributed by atoms with Crippen molar-refractivity contribution in [2.24, 2.45) is 20.5 Å². The Hall–Kier alpha value is -4.88. The smallest absolute Gasteiger partial charge is 0.282 e. The molecule has 0 fully saturated rings. The largest absolute Gasteiger partial charge is 0.296 e. The second-order valence-corrected chi connectivity index (χ2v) is 13.5. The molecule has 0 saturated heterocycles. The molecule has 0 aliphatic rings. The van der Waals surface area contributed by atoms with Crippen molar-refractivity contribution < 1.29 is 25.9 Å². The van der Waals surface area contributed by atoms with Crippen molar-refractivity contribution >= 4 is 75.3 Å². The van der Waals surface area contributed by atoms with E-state index in [0.29, 0.717) is 33.1 Å². The lowest BCUT2D eigenvalue weighted by atomic mass is 10.0. The predicted octanol–water partition coefficient (Wildman–Crippen LogP) is 9.40. The average Bonchev–Trinajstić information content (AvgIpc) is 2.98. The number of hydrogen-bond acceptors (Lipinski definition) is 8. The van der Waals surface area contributed by atoms with Gasteiger partial charge in [0.05, 0.1) is 22.0 Å². The van der Waals surface area contributed by atoms with E-state index in [0.717, 1.165) is 33.7 Å². The number of nitrogens with zero attached hydrogens (tertiary/aromatic N) is 4. The van der Waals surface area contributed by atoms with Crippen molar-refractivity contribution in [3.8, 4) is 0 Å². The summed E-state index contributed by atoms with van der Waals surface area (Å²) >= 11 is 0. The Morgan fingerprint density at radius 1 is 0.489 bits per heavy atom. The summed E-state index contributed by atoms with van der Waals surface area (Å²) in [5, 5.41) is 21.7. The number of benzene rings is 6. The van der Waals surface area contributed by atoms with Gasteiger partial charge in [-0.3, -0.25) is 9.11 Å². The van der Waals surface area contributed by atoms with E-state index < -0.39 is 30.0 Å². The third-order valence-electron chi connectivity index (χ3n) is 7.59. The van der Waals surface area contributed by atoms with Crippen LogP contribution in [0.1, 0.15) is 16.7 Å². The number of rotatable bonds is 6. The molecule has 0 bridgehead atoms. The lowest BCUT2D eigenvalue weighted by Gasteiger charge is -2.11. The minimum atomic E-state index is -4.79. The van der Waals surface area contributed by atoms with Crippen molar-refractivity contribution in [3.63, 3.8) is 0 Å². The molecule has 0 radical (unpaired) electrons. The first kappa shape index (κ1) is 30.2. The molecule has 6 rings (SSSR count). The Labute approximate surface area is 259 Å². The normalized spacial score (nSPS) is 12.7. The summed E-state index contributed by atoms with van der Waals surface area (Å²) in [5.74, 6) is 0. The second-order valence-electron chi connectivity index (χ2n) is 10.7. The van der Waals surface area contributed by atoms with Gasteiger partial charge in [-0.05, 0) is 85.1 Å². The molecule has 0 aromatic heterocycles. The van der Waals surface area contributed by atoms with Gasteiger partial charge in [-0.25, -0.2) is 0 Å². The Morgan fingerprint density at radius 3 is 1.67 bits per heavy atom. The summed E-state index contributed by atoms with van der Waals surface area (Å²) < 4.78 is 68.1. The molecule has 0 aliphatic carbocycles. The second kappa shape index (κ2) is 11.2. The van der Waals surface area contributed by atoms with E-state index in [1.54, 1.807) is 25.1 Å². The monoisotopic (exact) mass is 638 g/mol. The molecule has 226 valence electrons. The topological polar surface area (TPSA) is 158 Å². The Bertz CT molecular complexity index is 2470. The number of azo groups is 2. The molecule has 2 N–H and O–H groups in total. The van der Waals surface area contributed by atoms with E-state index in [4.69, 9.17) is 0 Å². The van der Waals surface area contributed by atoms with E-state index >= 15 is 0 Å². The highest BCUT2D eigenvalue weighted by atomic mass is 32.2. The van der Waals surface area contributed by atoms with Crippen molar-refractivity contribution in [3.05, 3.63) is 108 Å². The van der Waals surface area contributed by atoms with Gasteiger partial charge in [0, 0.05) is 21.5 Å². The zero-order chi connectivity index (χ0) is 32.1. The summed E-state index contributed by atoms with van der Waals surface area (Å²) in [6.07, 6.45) is 0. The number of aryl methyl sites for hydroxylation is 3. The van der Waals surface area contributed by atoms with Crippen LogP contribution in [0.25, 0.3) is 32.3 Å². The van der Waals surface area contributed by atoms with Gasteiger partial charge in [-0.1, -0.05) is 54.1 Å². The maximum Gasteiger partial charge on any atom is 0.296 e. The molecule has 45 heavy (non-hydrogen) atoms. The highest BCUT2D eigenvalue weighted by Gasteiger charge is 2.21. The highest BCUT2D eigenvalue weighted by molar-refractivity contribution is 7.86. The SMILES string of the molecule is Cc1ccc2c(C)ccc(N=Nc3ccc(N=Nc4c(S(=O)(=O)O)ccc5c(C)cc(S(=O)(=O)O)cc45)c4ccccc34)c2c1. The van der Waals surface area contributed by atoms with Gasteiger partial charge in [0.15, 0.2) is 0 Å². The van der Waals surface area contributed by atoms with Crippen molar-refractivity contribution in [2.45, 2.75) is 30.6 Å². The zero-order valence-electron chi connectivity index (χ0n) is 24.3. The van der Waals surface area contributed by atoms with Crippen molar-refractivity contribution in [1.29, 1.82) is 0 Å². The van der Waals surface area contributed by atoms with Crippen LogP contribution in [-0.4, -0.2) is 25.9 Å². The van der Waals surface area contributed by atoms with Crippen LogP contribution in [0.15, 0.2) is 121 Å². The summed E-state index contributed by atoms with van der Waals surface area (Å²) in [4.78, 5) is -1.02. The Balaban J connectivity index is 1.49. The molecule has 12 heteroatoms. The van der Waals surface area contributed by atoms with Crippen molar-refractivity contribution in [2.75, 3.05) is 0 Å². The van der Waals surface area contributed by atoms with Gasteiger partial charge in [0.1, 0.15) is 10.6 Å². The molecule has 6 aromatic carbocycles. The number of fused-ring (bicyclic) bond motifs is 3. The predicted molar refractivity (Wildman–Crippen MR) is 174 cm³/mol. The van der Waals surface area contributed by atoms with Gasteiger partial charge >= 0.3 is 0 Å². The van der Waals surface area contributed by atoms with Gasteiger partial charge in [0.25, 0.3) is 20.2 Å². The van der Waals surface area contributed by atoms with Crippen LogP contribution in [0.2, 0.25) is 0 Å². The number of hydrogen-bond donors (Lipinski definition) is 2. The van der Waals surface area contributed by atoms with E-state index in [2.05, 4.69) is 38.7 Å². The summed E-state index contributed by atoms with van der Waals surface area (Å²) in [6, 6.07) is 25.8. The van der Waals surface area contributed by atoms with Gasteiger partial charge in [-0.15, -0.1) is 20.5 Å². The fraction of sp³-hybridized carbons (Fsp3) is 0.0909. The van der Waals surface area contributed by atoms with Gasteiger partial charge in [-0.2, -0.15) is 16.8 Å². The van der Waals surface area contributed by atoms with E-state index in [-0.39, 0.29) is 11.1 Å². The van der Waals surface area contributed by atoms with Crippen LogP contribution < -0.4 is 0 Å². The summed E-state index contributed by atoms with van der Waals surface area (Å²) in [5.41, 5.74) is 4.06. The van der Waals surface area contributed by atoms with Crippen LogP contribution in [0.4, 0.5) is 22.7 Å². The first-order chi connectivity index (χ1) is 21.3. The van der Waals surface area contributed by atoms with Crippen LogP contribution in [-0.2, 0) is 20.2 Å². The molecule has 0 unspecified atom stereocenters. The first-order valence-corrected chi connectivity index (χ1v) is 16.6. The third-order valence-corrected chi connectivity index (χ3v) is 9.31. The molecule has 0 saturated carbocycles. The first-order valence-electron chi connectivity index (χ1n) is 13.7. The van der Waals surface area contributed by atoms with Gasteiger partial charge < -0.3 is 0 Å². The summed E-state index contributed by atoms with van der Waals surface area (Å²) in [7, 11) is -9.42.